The van der Waals surface area contributed by atoms with E-state index >= 15 is 0 Å². The summed E-state index contributed by atoms with van der Waals surface area (Å²) in [6.45, 7) is 3.59. The van der Waals surface area contributed by atoms with E-state index in [0.717, 1.165) is 0 Å². The Morgan fingerprint density at radius 2 is 2.16 bits per heavy atom. The van der Waals surface area contributed by atoms with Crippen LogP contribution >= 0.6 is 23.2 Å². The third-order valence-electron chi connectivity index (χ3n) is 2.59. The molecule has 0 aromatic heterocycles. The van der Waals surface area contributed by atoms with Gasteiger partial charge < -0.3 is 14.6 Å². The summed E-state index contributed by atoms with van der Waals surface area (Å²) in [4.78, 5) is 10.8. The topological polar surface area (TPSA) is 55.8 Å². The van der Waals surface area contributed by atoms with E-state index in [4.69, 9.17) is 27.9 Å². The number of rotatable bonds is 5. The molecule has 4 nitrogen and oxygen atoms in total. The maximum absolute atomic E-state index is 11.7. The maximum Gasteiger partial charge on any atom is 0.342 e. The fourth-order valence-corrected chi connectivity index (χ4v) is 2.06. The predicted octanol–water partition coefficient (Wildman–Crippen LogP) is 3.39. The molecule has 0 amide bonds. The Balaban J connectivity index is 3.61. The number of aromatic hydroxyl groups is 1. The van der Waals surface area contributed by atoms with E-state index in [1.54, 1.807) is 6.08 Å². The molecule has 0 radical (unpaired) electrons. The summed E-state index contributed by atoms with van der Waals surface area (Å²) in [5.74, 6) is -0.592. The third-order valence-corrected chi connectivity index (χ3v) is 3.06. The van der Waals surface area contributed by atoms with Crippen LogP contribution in [0, 0.1) is 0 Å². The number of ether oxygens (including phenoxy) is 2. The Hall–Kier alpha value is -1.39. The molecule has 0 spiro atoms. The first kappa shape index (κ1) is 15.7. The number of phenolic OH excluding ortho intramolecular Hbond substituents is 1. The molecule has 0 bridgehead atoms. The van der Waals surface area contributed by atoms with Gasteiger partial charge in [0.25, 0.3) is 0 Å². The molecule has 0 saturated heterocycles. The minimum Gasteiger partial charge on any atom is -0.507 e. The van der Waals surface area contributed by atoms with Crippen LogP contribution in [-0.4, -0.2) is 25.3 Å². The Kier molecular flexibility index (Phi) is 5.51. The van der Waals surface area contributed by atoms with Crippen LogP contribution in [0.15, 0.2) is 18.7 Å². The summed E-state index contributed by atoms with van der Waals surface area (Å²) in [6.07, 6.45) is 1.91. The van der Waals surface area contributed by atoms with Crippen molar-refractivity contribution in [2.24, 2.45) is 0 Å². The zero-order valence-electron chi connectivity index (χ0n) is 10.6. The van der Waals surface area contributed by atoms with Gasteiger partial charge in [0.2, 0.25) is 0 Å². The fraction of sp³-hybridized carbons (Fsp3) is 0.308. The molecule has 104 valence electrons. The first-order chi connectivity index (χ1) is 8.97. The van der Waals surface area contributed by atoms with Gasteiger partial charge in [0.1, 0.15) is 21.9 Å². The predicted molar refractivity (Wildman–Crippen MR) is 74.3 cm³/mol. The molecule has 1 aromatic carbocycles. The van der Waals surface area contributed by atoms with Crippen LogP contribution in [0.5, 0.6) is 11.5 Å². The van der Waals surface area contributed by atoms with Gasteiger partial charge in [-0.3, -0.25) is 0 Å². The normalized spacial score (nSPS) is 10.4. The van der Waals surface area contributed by atoms with Crippen molar-refractivity contribution in [3.05, 3.63) is 35.4 Å². The average Bonchev–Trinajstić information content (AvgIpc) is 2.39. The smallest absolute Gasteiger partial charge is 0.342 e. The van der Waals surface area contributed by atoms with Gasteiger partial charge in [-0.2, -0.15) is 0 Å². The van der Waals surface area contributed by atoms with Crippen molar-refractivity contribution in [2.75, 3.05) is 14.2 Å². The van der Waals surface area contributed by atoms with Crippen LogP contribution in [0.2, 0.25) is 0 Å². The molecule has 0 unspecified atom stereocenters. The summed E-state index contributed by atoms with van der Waals surface area (Å²) in [7, 11) is 2.65. The first-order valence-electron chi connectivity index (χ1n) is 5.37. The molecule has 1 aromatic rings. The molecule has 0 atom stereocenters. The van der Waals surface area contributed by atoms with Gasteiger partial charge in [-0.05, 0) is 12.5 Å². The minimum absolute atomic E-state index is 0.0600. The highest BCUT2D eigenvalue weighted by molar-refractivity contribution is 6.44. The highest BCUT2D eigenvalue weighted by atomic mass is 35.5. The number of halogens is 2. The molecule has 0 saturated carbocycles. The van der Waals surface area contributed by atoms with Crippen molar-refractivity contribution in [1.82, 2.24) is 0 Å². The monoisotopic (exact) mass is 304 g/mol. The van der Waals surface area contributed by atoms with E-state index in [-0.39, 0.29) is 16.9 Å². The second-order valence-corrected chi connectivity index (χ2v) is 4.75. The summed E-state index contributed by atoms with van der Waals surface area (Å²) in [5, 5.41) is 10.2. The molecular weight excluding hydrogens is 291 g/mol. The quantitative estimate of drug-likeness (QED) is 0.514. The van der Waals surface area contributed by atoms with Crippen LogP contribution in [0.25, 0.3) is 0 Å². The van der Waals surface area contributed by atoms with Crippen LogP contribution in [0.4, 0.5) is 0 Å². The van der Waals surface area contributed by atoms with Crippen molar-refractivity contribution >= 4 is 29.2 Å². The zero-order chi connectivity index (χ0) is 14.6. The molecule has 0 heterocycles. The number of carbonyl (C=O) groups excluding carboxylic acids is 1. The van der Waals surface area contributed by atoms with E-state index < -0.39 is 10.8 Å². The number of allylic oxidation sites excluding steroid dienone is 1. The lowest BCUT2D eigenvalue weighted by Crippen LogP contribution is -2.09. The van der Waals surface area contributed by atoms with Gasteiger partial charge >= 0.3 is 5.97 Å². The fourth-order valence-electron chi connectivity index (χ4n) is 1.72. The number of benzene rings is 1. The summed E-state index contributed by atoms with van der Waals surface area (Å²) < 4.78 is 9.79. The first-order valence-corrected chi connectivity index (χ1v) is 6.25. The molecule has 0 aliphatic heterocycles. The van der Waals surface area contributed by atoms with E-state index in [9.17, 15) is 9.90 Å². The van der Waals surface area contributed by atoms with Crippen molar-refractivity contribution < 1.29 is 19.4 Å². The number of esters is 1. The van der Waals surface area contributed by atoms with Gasteiger partial charge in [-0.25, -0.2) is 4.79 Å². The summed E-state index contributed by atoms with van der Waals surface area (Å²) in [5.41, 5.74) is 0.600. The number of alkyl halides is 2. The van der Waals surface area contributed by atoms with Gasteiger partial charge in [0.15, 0.2) is 0 Å². The van der Waals surface area contributed by atoms with E-state index in [1.165, 1.54) is 20.3 Å². The highest BCUT2D eigenvalue weighted by Gasteiger charge is 2.26. The molecule has 19 heavy (non-hydrogen) atoms. The molecule has 6 heteroatoms. The average molecular weight is 305 g/mol. The molecule has 0 aliphatic rings. The zero-order valence-corrected chi connectivity index (χ0v) is 12.1. The second-order valence-electron chi connectivity index (χ2n) is 3.66. The van der Waals surface area contributed by atoms with Crippen molar-refractivity contribution in [3.8, 4) is 11.5 Å². The number of hydrogen-bond acceptors (Lipinski definition) is 4. The molecule has 0 aliphatic carbocycles. The Morgan fingerprint density at radius 3 is 2.58 bits per heavy atom. The lowest BCUT2D eigenvalue weighted by atomic mass is 9.99. The largest absolute Gasteiger partial charge is 0.507 e. The van der Waals surface area contributed by atoms with Gasteiger partial charge in [-0.15, -0.1) is 29.8 Å². The van der Waals surface area contributed by atoms with Crippen LogP contribution in [-0.2, 0) is 11.2 Å². The second kappa shape index (κ2) is 6.68. The summed E-state index contributed by atoms with van der Waals surface area (Å²) in [6, 6.07) is 1.51. The maximum atomic E-state index is 11.7. The number of phenols is 1. The van der Waals surface area contributed by atoms with Crippen LogP contribution in [0.3, 0.4) is 0 Å². The Bertz CT molecular complexity index is 498. The van der Waals surface area contributed by atoms with Gasteiger partial charge in [0, 0.05) is 11.1 Å². The Labute approximate surface area is 121 Å². The van der Waals surface area contributed by atoms with E-state index in [2.05, 4.69) is 11.3 Å². The molecule has 0 fully saturated rings. The number of hydrogen-bond donors (Lipinski definition) is 1. The standard InChI is InChI=1S/C13H14Cl2O4/c1-4-5-7-9(18-2)6-8(12(14)15)10(11(7)16)13(17)19-3/h4,6,12,16H,1,5H2,2-3H3. The lowest BCUT2D eigenvalue weighted by Gasteiger charge is -2.17. The van der Waals surface area contributed by atoms with E-state index in [0.29, 0.717) is 17.7 Å². The van der Waals surface area contributed by atoms with Crippen LogP contribution in [0.1, 0.15) is 26.3 Å². The molecule has 1 N–H and O–H groups in total. The van der Waals surface area contributed by atoms with Crippen molar-refractivity contribution in [1.29, 1.82) is 0 Å². The number of carbonyl (C=O) groups is 1. The lowest BCUT2D eigenvalue weighted by molar-refractivity contribution is 0.0596. The van der Waals surface area contributed by atoms with Gasteiger partial charge in [0.05, 0.1) is 14.2 Å². The van der Waals surface area contributed by atoms with E-state index in [1.807, 2.05) is 0 Å². The molecule has 1 rings (SSSR count). The number of methoxy groups -OCH3 is 2. The SMILES string of the molecule is C=CCc1c(OC)cc(C(Cl)Cl)c(C(=O)OC)c1O. The van der Waals surface area contributed by atoms with Crippen molar-refractivity contribution in [2.45, 2.75) is 11.3 Å². The van der Waals surface area contributed by atoms with Gasteiger partial charge in [-0.1, -0.05) is 6.08 Å². The van der Waals surface area contributed by atoms with Crippen molar-refractivity contribution in [3.63, 3.8) is 0 Å². The third kappa shape index (κ3) is 3.14. The molecular formula is C13H14Cl2O4. The summed E-state index contributed by atoms with van der Waals surface area (Å²) >= 11 is 11.6. The highest BCUT2D eigenvalue weighted by Crippen LogP contribution is 2.40. The Morgan fingerprint density at radius 1 is 1.53 bits per heavy atom. The minimum atomic E-state index is -0.994. The van der Waals surface area contributed by atoms with Crippen LogP contribution < -0.4 is 4.74 Å².